The van der Waals surface area contributed by atoms with Crippen molar-refractivity contribution in [3.63, 3.8) is 0 Å². The van der Waals surface area contributed by atoms with Gasteiger partial charge in [-0.05, 0) is 36.1 Å². The lowest BCUT2D eigenvalue weighted by molar-refractivity contribution is 0.161. The maximum absolute atomic E-state index is 9.93. The van der Waals surface area contributed by atoms with Crippen LogP contribution in [0.2, 0.25) is 0 Å². The van der Waals surface area contributed by atoms with E-state index < -0.39 is 0 Å². The first kappa shape index (κ1) is 14.6. The lowest BCUT2D eigenvalue weighted by Crippen LogP contribution is -2.26. The molecule has 2 rings (SSSR count). The molecule has 0 heterocycles. The lowest BCUT2D eigenvalue weighted by atomic mass is 10.1. The van der Waals surface area contributed by atoms with Gasteiger partial charge in [0.1, 0.15) is 5.75 Å². The molecule has 3 nitrogen and oxygen atoms in total. The Morgan fingerprint density at radius 3 is 2.30 bits per heavy atom. The van der Waals surface area contributed by atoms with Gasteiger partial charge in [0.2, 0.25) is 0 Å². The number of phenolic OH excluding ortho intramolecular Hbond substituents is 1. The number of hydrogen-bond donors (Lipinski definition) is 3. The van der Waals surface area contributed by atoms with E-state index >= 15 is 0 Å². The van der Waals surface area contributed by atoms with Crippen LogP contribution in [0.15, 0.2) is 54.6 Å². The summed E-state index contributed by atoms with van der Waals surface area (Å²) in [4.78, 5) is 0. The number of aryl methyl sites for hydroxylation is 1. The molecule has 3 N–H and O–H groups in total. The van der Waals surface area contributed by atoms with Gasteiger partial charge in [0.25, 0.3) is 0 Å². The highest BCUT2D eigenvalue weighted by molar-refractivity contribution is 5.25. The van der Waals surface area contributed by atoms with E-state index in [0.29, 0.717) is 13.0 Å². The number of aromatic hydroxyl groups is 1. The van der Waals surface area contributed by atoms with Gasteiger partial charge in [0.15, 0.2) is 0 Å². The molecule has 2 aromatic carbocycles. The summed E-state index contributed by atoms with van der Waals surface area (Å²) in [6.45, 7) is 1.37. The molecule has 0 spiro atoms. The highest BCUT2D eigenvalue weighted by Gasteiger charge is 2.04. The first-order chi connectivity index (χ1) is 9.74. The second-order valence-electron chi connectivity index (χ2n) is 4.98. The van der Waals surface area contributed by atoms with Crippen LogP contribution < -0.4 is 5.32 Å². The quantitative estimate of drug-likeness (QED) is 0.725. The van der Waals surface area contributed by atoms with E-state index in [1.165, 1.54) is 5.56 Å². The molecule has 0 unspecified atom stereocenters. The third kappa shape index (κ3) is 5.03. The largest absolute Gasteiger partial charge is 0.508 e. The van der Waals surface area contributed by atoms with Crippen molar-refractivity contribution in [3.8, 4) is 5.75 Å². The fourth-order valence-electron chi connectivity index (χ4n) is 2.08. The average molecular weight is 271 g/mol. The molecule has 0 amide bonds. The Hall–Kier alpha value is -1.84. The summed E-state index contributed by atoms with van der Waals surface area (Å²) < 4.78 is 0. The first-order valence-electron chi connectivity index (χ1n) is 6.94. The van der Waals surface area contributed by atoms with Crippen molar-refractivity contribution in [1.29, 1.82) is 0 Å². The Bertz CT molecular complexity index is 496. The predicted octanol–water partition coefficient (Wildman–Crippen LogP) is 2.48. The first-order valence-corrected chi connectivity index (χ1v) is 6.94. The van der Waals surface area contributed by atoms with Crippen LogP contribution >= 0.6 is 0 Å². The molecule has 0 radical (unpaired) electrons. The SMILES string of the molecule is Oc1ccc(CC[C@@H](O)CNCc2ccccc2)cc1. The maximum Gasteiger partial charge on any atom is 0.115 e. The van der Waals surface area contributed by atoms with Crippen molar-refractivity contribution in [2.75, 3.05) is 6.54 Å². The van der Waals surface area contributed by atoms with Crippen LogP contribution in [0.5, 0.6) is 5.75 Å². The molecule has 0 aliphatic carbocycles. The molecule has 0 saturated carbocycles. The van der Waals surface area contributed by atoms with Gasteiger partial charge >= 0.3 is 0 Å². The van der Waals surface area contributed by atoms with Crippen LogP contribution in [0.25, 0.3) is 0 Å². The van der Waals surface area contributed by atoms with E-state index in [1.807, 2.05) is 30.3 Å². The van der Waals surface area contributed by atoms with Crippen LogP contribution in [-0.2, 0) is 13.0 Å². The van der Waals surface area contributed by atoms with E-state index in [-0.39, 0.29) is 11.9 Å². The number of aliphatic hydroxyl groups excluding tert-OH is 1. The van der Waals surface area contributed by atoms with Crippen molar-refractivity contribution < 1.29 is 10.2 Å². The molecular weight excluding hydrogens is 250 g/mol. The number of phenols is 1. The molecule has 0 aromatic heterocycles. The molecule has 1 atom stereocenters. The fourth-order valence-corrected chi connectivity index (χ4v) is 2.08. The summed E-state index contributed by atoms with van der Waals surface area (Å²) in [5.74, 6) is 0.277. The summed E-state index contributed by atoms with van der Waals surface area (Å²) in [6.07, 6.45) is 1.17. The molecule has 3 heteroatoms. The summed E-state index contributed by atoms with van der Waals surface area (Å²) in [6, 6.07) is 17.3. The molecule has 20 heavy (non-hydrogen) atoms. The summed E-state index contributed by atoms with van der Waals surface area (Å²) in [7, 11) is 0. The number of aliphatic hydroxyl groups is 1. The number of benzene rings is 2. The van der Waals surface area contributed by atoms with Crippen LogP contribution in [0.1, 0.15) is 17.5 Å². The predicted molar refractivity (Wildman–Crippen MR) is 80.6 cm³/mol. The number of hydrogen-bond acceptors (Lipinski definition) is 3. The van der Waals surface area contributed by atoms with E-state index in [0.717, 1.165) is 18.5 Å². The fraction of sp³-hybridized carbons (Fsp3) is 0.294. The van der Waals surface area contributed by atoms with Crippen molar-refractivity contribution >= 4 is 0 Å². The zero-order valence-electron chi connectivity index (χ0n) is 11.5. The molecule has 0 bridgehead atoms. The zero-order valence-corrected chi connectivity index (χ0v) is 11.5. The highest BCUT2D eigenvalue weighted by Crippen LogP contribution is 2.11. The van der Waals surface area contributed by atoms with E-state index in [4.69, 9.17) is 0 Å². The normalized spacial score (nSPS) is 12.2. The minimum absolute atomic E-state index is 0.277. The average Bonchev–Trinajstić information content (AvgIpc) is 2.48. The number of rotatable bonds is 7. The third-order valence-corrected chi connectivity index (χ3v) is 3.25. The van der Waals surface area contributed by atoms with Crippen molar-refractivity contribution in [3.05, 3.63) is 65.7 Å². The molecule has 106 valence electrons. The smallest absolute Gasteiger partial charge is 0.115 e. The maximum atomic E-state index is 9.93. The summed E-state index contributed by atoms with van der Waals surface area (Å²) in [5.41, 5.74) is 2.35. The van der Waals surface area contributed by atoms with Gasteiger partial charge < -0.3 is 15.5 Å². The second-order valence-corrected chi connectivity index (χ2v) is 4.98. The Balaban J connectivity index is 1.65. The van der Waals surface area contributed by atoms with Crippen LogP contribution in [0.3, 0.4) is 0 Å². The molecule has 0 fully saturated rings. The minimum atomic E-state index is -0.354. The third-order valence-electron chi connectivity index (χ3n) is 3.25. The van der Waals surface area contributed by atoms with Crippen molar-refractivity contribution in [1.82, 2.24) is 5.32 Å². The Morgan fingerprint density at radius 1 is 0.900 bits per heavy atom. The lowest BCUT2D eigenvalue weighted by Gasteiger charge is -2.12. The van der Waals surface area contributed by atoms with Gasteiger partial charge in [-0.15, -0.1) is 0 Å². The van der Waals surface area contributed by atoms with Crippen molar-refractivity contribution in [2.45, 2.75) is 25.5 Å². The standard InChI is InChI=1S/C17H21NO2/c19-16-9-6-14(7-10-16)8-11-17(20)13-18-12-15-4-2-1-3-5-15/h1-7,9-10,17-20H,8,11-13H2/t17-/m1/s1. The molecule has 0 aliphatic heterocycles. The minimum Gasteiger partial charge on any atom is -0.508 e. The van der Waals surface area contributed by atoms with Crippen LogP contribution in [-0.4, -0.2) is 22.9 Å². The van der Waals surface area contributed by atoms with Gasteiger partial charge in [0.05, 0.1) is 6.10 Å². The Labute approximate surface area is 119 Å². The Kier molecular flexibility index (Phi) is 5.59. The van der Waals surface area contributed by atoms with Gasteiger partial charge in [-0.1, -0.05) is 42.5 Å². The summed E-state index contributed by atoms with van der Waals surface area (Å²) in [5, 5.41) is 22.4. The van der Waals surface area contributed by atoms with Gasteiger partial charge in [-0.3, -0.25) is 0 Å². The molecule has 2 aromatic rings. The van der Waals surface area contributed by atoms with E-state index in [1.54, 1.807) is 12.1 Å². The molecule has 0 aliphatic rings. The van der Waals surface area contributed by atoms with Gasteiger partial charge in [-0.25, -0.2) is 0 Å². The highest BCUT2D eigenvalue weighted by atomic mass is 16.3. The van der Waals surface area contributed by atoms with Crippen LogP contribution in [0.4, 0.5) is 0 Å². The molecule has 0 saturated heterocycles. The zero-order chi connectivity index (χ0) is 14.2. The van der Waals surface area contributed by atoms with E-state index in [2.05, 4.69) is 17.4 Å². The summed E-state index contributed by atoms with van der Waals surface area (Å²) >= 11 is 0. The second kappa shape index (κ2) is 7.68. The van der Waals surface area contributed by atoms with E-state index in [9.17, 15) is 10.2 Å². The number of nitrogens with one attached hydrogen (secondary N) is 1. The monoisotopic (exact) mass is 271 g/mol. The van der Waals surface area contributed by atoms with Gasteiger partial charge in [-0.2, -0.15) is 0 Å². The molecular formula is C17H21NO2. The topological polar surface area (TPSA) is 52.5 Å². The van der Waals surface area contributed by atoms with Gasteiger partial charge in [0, 0.05) is 13.1 Å². The Morgan fingerprint density at radius 2 is 1.60 bits per heavy atom. The van der Waals surface area contributed by atoms with Crippen molar-refractivity contribution in [2.24, 2.45) is 0 Å². The van der Waals surface area contributed by atoms with Crippen LogP contribution in [0, 0.1) is 0 Å².